The lowest BCUT2D eigenvalue weighted by molar-refractivity contribution is -0.123. The van der Waals surface area contributed by atoms with Crippen LogP contribution in [0.3, 0.4) is 0 Å². The molecular formula is C25H17Cl2NO5S. The van der Waals surface area contributed by atoms with E-state index < -0.39 is 17.1 Å². The molecular weight excluding hydrogens is 497 g/mol. The quantitative estimate of drug-likeness (QED) is 0.214. The monoisotopic (exact) mass is 513 g/mol. The van der Waals surface area contributed by atoms with Crippen LogP contribution in [0.1, 0.15) is 21.5 Å². The van der Waals surface area contributed by atoms with Crippen LogP contribution in [0, 0.1) is 0 Å². The van der Waals surface area contributed by atoms with Crippen LogP contribution in [0.25, 0.3) is 6.08 Å². The number of methoxy groups -OCH3 is 1. The summed E-state index contributed by atoms with van der Waals surface area (Å²) in [6.07, 6.45) is 1.56. The number of hydrogen-bond donors (Lipinski definition) is 0. The lowest BCUT2D eigenvalue weighted by Gasteiger charge is -2.13. The molecule has 0 N–H and O–H groups in total. The van der Waals surface area contributed by atoms with Crippen molar-refractivity contribution in [2.75, 3.05) is 7.11 Å². The van der Waals surface area contributed by atoms with Crippen molar-refractivity contribution in [3.63, 3.8) is 0 Å². The van der Waals surface area contributed by atoms with Gasteiger partial charge in [-0.2, -0.15) is 0 Å². The number of hydrogen-bond acceptors (Lipinski definition) is 6. The zero-order valence-corrected chi connectivity index (χ0v) is 20.1. The predicted molar refractivity (Wildman–Crippen MR) is 132 cm³/mol. The zero-order valence-electron chi connectivity index (χ0n) is 17.8. The van der Waals surface area contributed by atoms with Crippen LogP contribution in [0.15, 0.2) is 71.6 Å². The molecule has 172 valence electrons. The first kappa shape index (κ1) is 23.9. The molecule has 1 fully saturated rings. The van der Waals surface area contributed by atoms with Crippen molar-refractivity contribution >= 4 is 58.2 Å². The van der Waals surface area contributed by atoms with E-state index in [0.29, 0.717) is 26.9 Å². The van der Waals surface area contributed by atoms with Gasteiger partial charge in [-0.05, 0) is 65.4 Å². The summed E-state index contributed by atoms with van der Waals surface area (Å²) >= 11 is 13.0. The van der Waals surface area contributed by atoms with Gasteiger partial charge in [0.1, 0.15) is 0 Å². The number of amides is 2. The minimum absolute atomic E-state index is 0.0762. The molecule has 4 rings (SSSR count). The fourth-order valence-electron chi connectivity index (χ4n) is 3.22. The van der Waals surface area contributed by atoms with Crippen LogP contribution in [0.4, 0.5) is 4.79 Å². The molecule has 0 aliphatic carbocycles. The summed E-state index contributed by atoms with van der Waals surface area (Å²) in [4.78, 5) is 39.3. The molecule has 1 aliphatic rings. The predicted octanol–water partition coefficient (Wildman–Crippen LogP) is 6.46. The van der Waals surface area contributed by atoms with Crippen molar-refractivity contribution < 1.29 is 23.9 Å². The van der Waals surface area contributed by atoms with Gasteiger partial charge >= 0.3 is 5.97 Å². The molecule has 3 aromatic carbocycles. The standard InChI is InChI=1S/C25H17Cl2NO5S/c1-32-20-10-9-15(11-21(20)33-24(30)16-6-4-7-18(26)13-16)12-22-23(29)28(25(31)34-22)14-17-5-2-3-8-19(17)27/h2-13H,14H2,1H3/b22-12-. The Morgan fingerprint density at radius 2 is 1.79 bits per heavy atom. The maximum atomic E-state index is 12.9. The Kier molecular flexibility index (Phi) is 7.26. The average Bonchev–Trinajstić information content (AvgIpc) is 3.08. The van der Waals surface area contributed by atoms with Crippen molar-refractivity contribution in [1.29, 1.82) is 0 Å². The third-order valence-corrected chi connectivity index (χ3v) is 6.42. The van der Waals surface area contributed by atoms with Gasteiger partial charge in [-0.1, -0.05) is 53.5 Å². The fraction of sp³-hybridized carbons (Fsp3) is 0.0800. The Morgan fingerprint density at radius 1 is 1.00 bits per heavy atom. The normalized spacial score (nSPS) is 14.6. The Hall–Kier alpha value is -3.26. The number of carbonyl (C=O) groups is 3. The van der Waals surface area contributed by atoms with Gasteiger partial charge in [-0.3, -0.25) is 14.5 Å². The molecule has 1 heterocycles. The summed E-state index contributed by atoms with van der Waals surface area (Å²) in [5.41, 5.74) is 1.51. The van der Waals surface area contributed by atoms with E-state index in [4.69, 9.17) is 32.7 Å². The molecule has 2 amide bonds. The Balaban J connectivity index is 1.57. The van der Waals surface area contributed by atoms with E-state index >= 15 is 0 Å². The van der Waals surface area contributed by atoms with Crippen LogP contribution in [-0.4, -0.2) is 29.1 Å². The van der Waals surface area contributed by atoms with Gasteiger partial charge in [0.15, 0.2) is 11.5 Å². The number of esters is 1. The summed E-state index contributed by atoms with van der Waals surface area (Å²) in [5, 5.41) is 0.492. The van der Waals surface area contributed by atoms with E-state index in [-0.39, 0.29) is 22.8 Å². The Bertz CT molecular complexity index is 1320. The van der Waals surface area contributed by atoms with Crippen molar-refractivity contribution in [3.05, 3.63) is 98.4 Å². The smallest absolute Gasteiger partial charge is 0.343 e. The molecule has 0 bridgehead atoms. The van der Waals surface area contributed by atoms with Crippen LogP contribution >= 0.6 is 35.0 Å². The van der Waals surface area contributed by atoms with Gasteiger partial charge in [-0.15, -0.1) is 0 Å². The molecule has 0 spiro atoms. The number of imide groups is 1. The van der Waals surface area contributed by atoms with Gasteiger partial charge in [0, 0.05) is 10.0 Å². The van der Waals surface area contributed by atoms with Crippen molar-refractivity contribution in [3.8, 4) is 11.5 Å². The molecule has 1 saturated heterocycles. The maximum Gasteiger partial charge on any atom is 0.343 e. The third kappa shape index (κ3) is 5.28. The van der Waals surface area contributed by atoms with Crippen LogP contribution in [0.2, 0.25) is 10.0 Å². The fourth-order valence-corrected chi connectivity index (χ4v) is 4.45. The van der Waals surface area contributed by atoms with E-state index in [1.54, 1.807) is 66.7 Å². The first-order valence-corrected chi connectivity index (χ1v) is 11.6. The molecule has 1 aliphatic heterocycles. The number of thioether (sulfide) groups is 1. The van der Waals surface area contributed by atoms with Gasteiger partial charge in [0.25, 0.3) is 11.1 Å². The lowest BCUT2D eigenvalue weighted by Crippen LogP contribution is -2.27. The molecule has 0 atom stereocenters. The number of rotatable bonds is 6. The maximum absolute atomic E-state index is 12.9. The van der Waals surface area contributed by atoms with Crippen LogP contribution in [-0.2, 0) is 11.3 Å². The van der Waals surface area contributed by atoms with Crippen molar-refractivity contribution in [1.82, 2.24) is 4.90 Å². The minimum atomic E-state index is -0.613. The van der Waals surface area contributed by atoms with E-state index in [2.05, 4.69) is 0 Å². The minimum Gasteiger partial charge on any atom is -0.493 e. The molecule has 0 unspecified atom stereocenters. The van der Waals surface area contributed by atoms with Crippen LogP contribution in [0.5, 0.6) is 11.5 Å². The summed E-state index contributed by atoms with van der Waals surface area (Å²) < 4.78 is 10.8. The molecule has 9 heteroatoms. The van der Waals surface area contributed by atoms with Gasteiger partial charge < -0.3 is 9.47 Å². The number of nitrogens with zero attached hydrogens (tertiary/aromatic N) is 1. The Labute approximate surface area is 210 Å². The van der Waals surface area contributed by atoms with Gasteiger partial charge in [0.2, 0.25) is 0 Å². The number of halogens is 2. The number of carbonyl (C=O) groups excluding carboxylic acids is 3. The van der Waals surface area contributed by atoms with E-state index in [1.807, 2.05) is 0 Å². The highest BCUT2D eigenvalue weighted by Gasteiger charge is 2.35. The topological polar surface area (TPSA) is 72.9 Å². The molecule has 0 radical (unpaired) electrons. The summed E-state index contributed by atoms with van der Waals surface area (Å²) in [6, 6.07) is 18.3. The van der Waals surface area contributed by atoms with E-state index in [1.165, 1.54) is 13.2 Å². The molecule has 3 aromatic rings. The summed E-state index contributed by atoms with van der Waals surface area (Å²) in [5.74, 6) is -0.544. The number of ether oxygens (including phenoxy) is 2. The van der Waals surface area contributed by atoms with Crippen LogP contribution < -0.4 is 9.47 Å². The molecule has 6 nitrogen and oxygen atoms in total. The SMILES string of the molecule is COc1ccc(/C=C2\SC(=O)N(Cc3ccccc3Cl)C2=O)cc1OC(=O)c1cccc(Cl)c1. The highest BCUT2D eigenvalue weighted by Crippen LogP contribution is 2.36. The first-order valence-electron chi connectivity index (χ1n) is 10.0. The van der Waals surface area contributed by atoms with Gasteiger partial charge in [0.05, 0.1) is 24.1 Å². The molecule has 0 saturated carbocycles. The van der Waals surface area contributed by atoms with E-state index in [9.17, 15) is 14.4 Å². The van der Waals surface area contributed by atoms with Gasteiger partial charge in [-0.25, -0.2) is 4.79 Å². The second-order valence-corrected chi connectivity index (χ2v) is 9.01. The van der Waals surface area contributed by atoms with Crippen molar-refractivity contribution in [2.45, 2.75) is 6.54 Å². The average molecular weight is 514 g/mol. The highest BCUT2D eigenvalue weighted by atomic mass is 35.5. The third-order valence-electron chi connectivity index (χ3n) is 4.91. The first-order chi connectivity index (χ1) is 16.4. The second kappa shape index (κ2) is 10.3. The number of benzene rings is 3. The summed E-state index contributed by atoms with van der Waals surface area (Å²) in [6.45, 7) is 0.0762. The largest absolute Gasteiger partial charge is 0.493 e. The molecule has 34 heavy (non-hydrogen) atoms. The second-order valence-electron chi connectivity index (χ2n) is 7.17. The zero-order chi connectivity index (χ0) is 24.2. The van der Waals surface area contributed by atoms with E-state index in [0.717, 1.165) is 16.7 Å². The lowest BCUT2D eigenvalue weighted by atomic mass is 10.1. The Morgan fingerprint density at radius 3 is 2.53 bits per heavy atom. The summed E-state index contributed by atoms with van der Waals surface area (Å²) in [7, 11) is 1.45. The highest BCUT2D eigenvalue weighted by molar-refractivity contribution is 8.18. The molecule has 0 aromatic heterocycles. The van der Waals surface area contributed by atoms with Crippen molar-refractivity contribution in [2.24, 2.45) is 0 Å².